The highest BCUT2D eigenvalue weighted by molar-refractivity contribution is 7.09. The molecule has 0 unspecified atom stereocenters. The van der Waals surface area contributed by atoms with E-state index in [0.717, 1.165) is 24.4 Å². The van der Waals surface area contributed by atoms with E-state index in [0.29, 0.717) is 0 Å². The van der Waals surface area contributed by atoms with Crippen LogP contribution in [-0.4, -0.2) is 11.0 Å². The average molecular weight is 259 g/mol. The van der Waals surface area contributed by atoms with Gasteiger partial charge in [0.05, 0.1) is 10.7 Å². The van der Waals surface area contributed by atoms with Crippen molar-refractivity contribution in [2.45, 2.75) is 51.1 Å². The molecule has 1 aromatic rings. The first-order valence-electron chi connectivity index (χ1n) is 5.99. The van der Waals surface area contributed by atoms with Crippen molar-refractivity contribution < 1.29 is 0 Å². The van der Waals surface area contributed by atoms with Crippen molar-refractivity contribution in [3.63, 3.8) is 0 Å². The average Bonchev–Trinajstić information content (AvgIpc) is 2.92. The minimum atomic E-state index is 0. The third-order valence-corrected chi connectivity index (χ3v) is 4.50. The van der Waals surface area contributed by atoms with Gasteiger partial charge in [0.2, 0.25) is 0 Å². The smallest absolute Gasteiger partial charge is 0.0959 e. The van der Waals surface area contributed by atoms with Crippen LogP contribution in [0.15, 0.2) is 5.38 Å². The maximum atomic E-state index is 4.68. The molecule has 0 radical (unpaired) electrons. The number of hydrogen-bond acceptors (Lipinski definition) is 3. The predicted molar refractivity (Wildman–Crippen MR) is 70.4 cm³/mol. The first kappa shape index (κ1) is 12.3. The molecule has 3 rings (SSSR count). The van der Waals surface area contributed by atoms with Gasteiger partial charge < -0.3 is 5.32 Å². The van der Waals surface area contributed by atoms with Crippen LogP contribution >= 0.6 is 23.7 Å². The molecule has 2 aliphatic carbocycles. The molecule has 1 aromatic heterocycles. The molecular weight excluding hydrogens is 240 g/mol. The van der Waals surface area contributed by atoms with E-state index in [1.807, 2.05) is 11.3 Å². The SMILES string of the molecule is CC1CC(NCc2csc(C3CC3)n2)C1.Cl. The summed E-state index contributed by atoms with van der Waals surface area (Å²) in [4.78, 5) is 4.68. The summed E-state index contributed by atoms with van der Waals surface area (Å²) in [6.07, 6.45) is 5.42. The quantitative estimate of drug-likeness (QED) is 0.896. The highest BCUT2D eigenvalue weighted by Gasteiger charge is 2.27. The molecule has 90 valence electrons. The molecule has 0 atom stereocenters. The van der Waals surface area contributed by atoms with Gasteiger partial charge in [-0.1, -0.05) is 6.92 Å². The van der Waals surface area contributed by atoms with Gasteiger partial charge in [0.15, 0.2) is 0 Å². The molecule has 0 saturated heterocycles. The lowest BCUT2D eigenvalue weighted by Gasteiger charge is -2.33. The molecule has 0 aliphatic heterocycles. The summed E-state index contributed by atoms with van der Waals surface area (Å²) in [7, 11) is 0. The van der Waals surface area contributed by atoms with E-state index in [2.05, 4.69) is 22.6 Å². The Labute approximate surface area is 107 Å². The van der Waals surface area contributed by atoms with Crippen LogP contribution in [0.3, 0.4) is 0 Å². The van der Waals surface area contributed by atoms with Gasteiger partial charge in [-0.2, -0.15) is 0 Å². The first-order chi connectivity index (χ1) is 7.31. The topological polar surface area (TPSA) is 24.9 Å². The number of nitrogens with zero attached hydrogens (tertiary/aromatic N) is 1. The van der Waals surface area contributed by atoms with Crippen molar-refractivity contribution in [2.24, 2.45) is 5.92 Å². The Morgan fingerprint density at radius 2 is 2.19 bits per heavy atom. The Morgan fingerprint density at radius 3 is 2.81 bits per heavy atom. The number of rotatable bonds is 4. The molecule has 4 heteroatoms. The van der Waals surface area contributed by atoms with Gasteiger partial charge in [-0.15, -0.1) is 23.7 Å². The number of thiazole rings is 1. The fraction of sp³-hybridized carbons (Fsp3) is 0.750. The lowest BCUT2D eigenvalue weighted by atomic mass is 9.82. The van der Waals surface area contributed by atoms with E-state index in [1.165, 1.54) is 36.4 Å². The van der Waals surface area contributed by atoms with E-state index < -0.39 is 0 Å². The second-order valence-corrected chi connectivity index (χ2v) is 6.00. The van der Waals surface area contributed by atoms with E-state index in [1.54, 1.807) is 0 Å². The van der Waals surface area contributed by atoms with Gasteiger partial charge in [0, 0.05) is 23.9 Å². The predicted octanol–water partition coefficient (Wildman–Crippen LogP) is 3.33. The van der Waals surface area contributed by atoms with E-state index in [9.17, 15) is 0 Å². The van der Waals surface area contributed by atoms with Crippen molar-refractivity contribution in [1.82, 2.24) is 10.3 Å². The zero-order valence-corrected chi connectivity index (χ0v) is 11.2. The zero-order chi connectivity index (χ0) is 10.3. The molecule has 1 N–H and O–H groups in total. The summed E-state index contributed by atoms with van der Waals surface area (Å²) in [6.45, 7) is 3.30. The van der Waals surface area contributed by atoms with Gasteiger partial charge >= 0.3 is 0 Å². The maximum absolute atomic E-state index is 4.68. The van der Waals surface area contributed by atoms with Crippen LogP contribution in [0.5, 0.6) is 0 Å². The van der Waals surface area contributed by atoms with Crippen molar-refractivity contribution in [1.29, 1.82) is 0 Å². The van der Waals surface area contributed by atoms with E-state index in [-0.39, 0.29) is 12.4 Å². The molecule has 2 saturated carbocycles. The lowest BCUT2D eigenvalue weighted by molar-refractivity contribution is 0.240. The number of hydrogen-bond donors (Lipinski definition) is 1. The molecular formula is C12H19ClN2S. The minimum Gasteiger partial charge on any atom is -0.308 e. The molecule has 0 amide bonds. The Bertz CT molecular complexity index is 343. The highest BCUT2D eigenvalue weighted by atomic mass is 35.5. The summed E-state index contributed by atoms with van der Waals surface area (Å²) < 4.78 is 0. The van der Waals surface area contributed by atoms with Gasteiger partial charge in [-0.3, -0.25) is 0 Å². The summed E-state index contributed by atoms with van der Waals surface area (Å²) in [5.41, 5.74) is 1.25. The van der Waals surface area contributed by atoms with Crippen LogP contribution < -0.4 is 5.32 Å². The molecule has 16 heavy (non-hydrogen) atoms. The Balaban J connectivity index is 0.000000963. The third-order valence-electron chi connectivity index (χ3n) is 3.44. The molecule has 0 bridgehead atoms. The second kappa shape index (κ2) is 5.03. The monoisotopic (exact) mass is 258 g/mol. The van der Waals surface area contributed by atoms with Crippen LogP contribution in [0.25, 0.3) is 0 Å². The van der Waals surface area contributed by atoms with E-state index in [4.69, 9.17) is 0 Å². The molecule has 2 fully saturated rings. The van der Waals surface area contributed by atoms with Crippen LogP contribution in [-0.2, 0) is 6.54 Å². The Morgan fingerprint density at radius 1 is 1.44 bits per heavy atom. The van der Waals surface area contributed by atoms with E-state index >= 15 is 0 Å². The normalized spacial score (nSPS) is 28.3. The molecule has 1 heterocycles. The van der Waals surface area contributed by atoms with Gasteiger partial charge in [-0.05, 0) is 31.6 Å². The van der Waals surface area contributed by atoms with Crippen LogP contribution in [0, 0.1) is 5.92 Å². The first-order valence-corrected chi connectivity index (χ1v) is 6.87. The Hall–Kier alpha value is -0.120. The number of halogens is 1. The van der Waals surface area contributed by atoms with Crippen molar-refractivity contribution in [3.05, 3.63) is 16.1 Å². The molecule has 2 nitrogen and oxygen atoms in total. The highest BCUT2D eigenvalue weighted by Crippen LogP contribution is 2.41. The van der Waals surface area contributed by atoms with Crippen molar-refractivity contribution in [3.8, 4) is 0 Å². The second-order valence-electron chi connectivity index (χ2n) is 5.11. The molecule has 0 aromatic carbocycles. The van der Waals surface area contributed by atoms with Gasteiger partial charge in [-0.25, -0.2) is 4.98 Å². The number of aromatic nitrogens is 1. The fourth-order valence-electron chi connectivity index (χ4n) is 2.24. The Kier molecular flexibility index (Phi) is 3.88. The summed E-state index contributed by atoms with van der Waals surface area (Å²) >= 11 is 1.85. The summed E-state index contributed by atoms with van der Waals surface area (Å²) in [5, 5.41) is 7.18. The van der Waals surface area contributed by atoms with Gasteiger partial charge in [0.25, 0.3) is 0 Å². The molecule has 0 spiro atoms. The van der Waals surface area contributed by atoms with Crippen LogP contribution in [0.2, 0.25) is 0 Å². The molecule has 2 aliphatic rings. The summed E-state index contributed by atoms with van der Waals surface area (Å²) in [6, 6.07) is 0.756. The van der Waals surface area contributed by atoms with Crippen molar-refractivity contribution in [2.75, 3.05) is 0 Å². The largest absolute Gasteiger partial charge is 0.308 e. The van der Waals surface area contributed by atoms with Crippen molar-refractivity contribution >= 4 is 23.7 Å². The maximum Gasteiger partial charge on any atom is 0.0959 e. The zero-order valence-electron chi connectivity index (χ0n) is 9.61. The van der Waals surface area contributed by atoms with Gasteiger partial charge in [0.1, 0.15) is 0 Å². The van der Waals surface area contributed by atoms with Crippen LogP contribution in [0.1, 0.15) is 49.2 Å². The fourth-order valence-corrected chi connectivity index (χ4v) is 3.23. The lowest BCUT2D eigenvalue weighted by Crippen LogP contribution is -2.39. The summed E-state index contributed by atoms with van der Waals surface area (Å²) in [5.74, 6) is 1.74. The number of nitrogens with one attached hydrogen (secondary N) is 1. The minimum absolute atomic E-state index is 0. The third kappa shape index (κ3) is 2.76. The standard InChI is InChI=1S/C12H18N2S.ClH/c1-8-4-10(5-8)13-6-11-7-15-12(14-11)9-2-3-9;/h7-10,13H,2-6H2,1H3;1H. The van der Waals surface area contributed by atoms with Crippen LogP contribution in [0.4, 0.5) is 0 Å².